The normalized spacial score (nSPS) is 11.5. The number of azo groups is 2. The first-order valence-electron chi connectivity index (χ1n) is 18.6. The van der Waals surface area contributed by atoms with Gasteiger partial charge < -0.3 is 18.9 Å². The van der Waals surface area contributed by atoms with Crippen molar-refractivity contribution in [2.24, 2.45) is 34.6 Å². The summed E-state index contributed by atoms with van der Waals surface area (Å²) in [6, 6.07) is 33.4. The van der Waals surface area contributed by atoms with E-state index in [0.29, 0.717) is 11.1 Å². The Morgan fingerprint density at radius 3 is 1.19 bits per heavy atom. The lowest BCUT2D eigenvalue weighted by Gasteiger charge is -2.27. The van der Waals surface area contributed by atoms with Crippen molar-refractivity contribution in [2.45, 2.75) is 31.8 Å². The van der Waals surface area contributed by atoms with E-state index in [-0.39, 0.29) is 0 Å². The first-order valence-corrected chi connectivity index (χ1v) is 23.5. The molecule has 0 spiro atoms. The summed E-state index contributed by atoms with van der Waals surface area (Å²) in [4.78, 5) is 4.81. The molecular weight excluding hydrogens is 829 g/mol. The molecule has 0 fully saturated rings. The lowest BCUT2D eigenvalue weighted by molar-refractivity contribution is -0.654. The van der Waals surface area contributed by atoms with Gasteiger partial charge in [-0.2, -0.15) is 0 Å². The van der Waals surface area contributed by atoms with E-state index in [1.54, 1.807) is 83.3 Å². The molecule has 18 heteroatoms. The summed E-state index contributed by atoms with van der Waals surface area (Å²) in [5, 5.41) is 23.2. The Morgan fingerprint density at radius 2 is 0.898 bits per heavy atom. The summed E-state index contributed by atoms with van der Waals surface area (Å²) < 4.78 is 65.4. The van der Waals surface area contributed by atoms with E-state index < -0.39 is 31.7 Å². The molecule has 0 N–H and O–H groups in total. The van der Waals surface area contributed by atoms with Crippen LogP contribution >= 0.6 is 22.7 Å². The van der Waals surface area contributed by atoms with Crippen LogP contribution in [-0.2, 0) is 45.8 Å². The summed E-state index contributed by atoms with van der Waals surface area (Å²) in [6.07, 6.45) is 5.03. The van der Waals surface area contributed by atoms with Gasteiger partial charge in [0.25, 0.3) is 0 Å². The van der Waals surface area contributed by atoms with E-state index in [9.17, 15) is 25.9 Å². The van der Waals surface area contributed by atoms with E-state index in [1.807, 2.05) is 70.6 Å². The van der Waals surface area contributed by atoms with Crippen molar-refractivity contribution in [3.05, 3.63) is 143 Å². The Kier molecular flexibility index (Phi) is 18.4. The monoisotopic (exact) mass is 876 g/mol. The lowest BCUT2D eigenvalue weighted by atomic mass is 10.2. The topological polar surface area (TPSA) is 178 Å². The average molecular weight is 877 g/mol. The maximum Gasteiger partial charge on any atom is 0.408 e. The zero-order valence-electron chi connectivity index (χ0n) is 33.3. The van der Waals surface area contributed by atoms with Crippen LogP contribution in [0.3, 0.4) is 0 Å². The fourth-order valence-electron chi connectivity index (χ4n) is 5.46. The highest BCUT2D eigenvalue weighted by molar-refractivity contribution is 7.85. The molecular formula is C41H48N8O6S4. The SMILES string of the molecule is CCN(CCCN(CC)c1ccc(N=Nc2scc[n+]2C)cc1)c1ccc(N=Nc2scc[n+]2C)cc1.O=S(=O)([O-])Cc1ccccc1.O=S(=O)([O-])Cc1ccccc1. The molecule has 0 amide bonds. The molecule has 0 radical (unpaired) electrons. The minimum Gasteiger partial charge on any atom is -0.748 e. The fourth-order valence-corrected chi connectivity index (χ4v) is 8.02. The molecule has 0 atom stereocenters. The second-order valence-electron chi connectivity index (χ2n) is 12.9. The first-order chi connectivity index (χ1) is 28.2. The summed E-state index contributed by atoms with van der Waals surface area (Å²) in [5.74, 6) is -0.846. The Balaban J connectivity index is 0.000000282. The molecule has 0 bridgehead atoms. The average Bonchev–Trinajstić information content (AvgIpc) is 3.83. The molecule has 0 aliphatic rings. The fraction of sp³-hybridized carbons (Fsp3) is 0.268. The van der Waals surface area contributed by atoms with Crippen molar-refractivity contribution in [3.63, 3.8) is 0 Å². The maximum absolute atomic E-state index is 10.2. The molecule has 0 saturated carbocycles. The summed E-state index contributed by atoms with van der Waals surface area (Å²) in [5.41, 5.74) is 5.19. The van der Waals surface area contributed by atoms with Gasteiger partial charge in [0.1, 0.15) is 23.8 Å². The van der Waals surface area contributed by atoms with Gasteiger partial charge in [-0.1, -0.05) is 60.7 Å². The van der Waals surface area contributed by atoms with Gasteiger partial charge in [-0.3, -0.25) is 0 Å². The minimum absolute atomic E-state index is 0.423. The van der Waals surface area contributed by atoms with Crippen molar-refractivity contribution in [3.8, 4) is 0 Å². The molecule has 312 valence electrons. The van der Waals surface area contributed by atoms with Gasteiger partial charge in [-0.15, -0.1) is 0 Å². The number of aryl methyl sites for hydroxylation is 2. The van der Waals surface area contributed by atoms with Crippen LogP contribution in [0.1, 0.15) is 31.4 Å². The number of nitrogens with zero attached hydrogens (tertiary/aromatic N) is 8. The summed E-state index contributed by atoms with van der Waals surface area (Å²) >= 11 is 3.15. The molecule has 4 aromatic carbocycles. The van der Waals surface area contributed by atoms with E-state index >= 15 is 0 Å². The van der Waals surface area contributed by atoms with Crippen LogP contribution in [0.2, 0.25) is 0 Å². The number of hydrogen-bond acceptors (Lipinski definition) is 14. The van der Waals surface area contributed by atoms with Gasteiger partial charge in [-0.25, -0.2) is 26.0 Å². The zero-order valence-corrected chi connectivity index (χ0v) is 36.6. The highest BCUT2D eigenvalue weighted by Gasteiger charge is 2.11. The van der Waals surface area contributed by atoms with Crippen LogP contribution in [0, 0.1) is 0 Å². The highest BCUT2D eigenvalue weighted by atomic mass is 32.2. The number of rotatable bonds is 16. The lowest BCUT2D eigenvalue weighted by Crippen LogP contribution is -2.30. The maximum atomic E-state index is 10.2. The molecule has 2 heterocycles. The van der Waals surface area contributed by atoms with Crippen molar-refractivity contribution in [1.29, 1.82) is 0 Å². The van der Waals surface area contributed by atoms with Gasteiger partial charge in [0.15, 0.2) is 0 Å². The molecule has 6 rings (SSSR count). The van der Waals surface area contributed by atoms with Gasteiger partial charge >= 0.3 is 10.3 Å². The van der Waals surface area contributed by atoms with Crippen LogP contribution in [-0.4, -0.2) is 52.1 Å². The van der Waals surface area contributed by atoms with Crippen molar-refractivity contribution < 1.29 is 35.1 Å². The third-order valence-corrected chi connectivity index (χ3v) is 11.5. The van der Waals surface area contributed by atoms with Gasteiger partial charge in [0.2, 0.25) is 0 Å². The Bertz CT molecular complexity index is 2260. The molecule has 0 aliphatic carbocycles. The Hall–Kier alpha value is -5.24. The Morgan fingerprint density at radius 1 is 0.542 bits per heavy atom. The molecule has 0 aliphatic heterocycles. The molecule has 6 aromatic rings. The number of anilines is 2. The van der Waals surface area contributed by atoms with Crippen LogP contribution in [0.25, 0.3) is 0 Å². The smallest absolute Gasteiger partial charge is 0.408 e. The summed E-state index contributed by atoms with van der Waals surface area (Å²) in [6.45, 7) is 8.29. The second-order valence-corrected chi connectivity index (χ2v) is 17.5. The largest absolute Gasteiger partial charge is 0.748 e. The predicted molar refractivity (Wildman–Crippen MR) is 232 cm³/mol. The minimum atomic E-state index is -4.13. The standard InChI is InChI=1S/C27H34N8S2.2C7H8O3S/c1-5-34(24-12-8-22(9-13-24)28-30-26-32(3)18-20-36-26)16-7-17-35(6-2)25-14-10-23(11-15-25)29-31-27-33(4)19-21-37-27;2*8-11(9,10)6-7-4-2-1-3-5-7/h8-15,18-21H,5-7,16-17H2,1-4H3;2*1-5H,6H2,(H,8,9,10)/q+2;;/p-2. The second kappa shape index (κ2) is 23.4. The van der Waals surface area contributed by atoms with E-state index in [2.05, 4.69) is 68.4 Å². The van der Waals surface area contributed by atoms with Crippen LogP contribution in [0.4, 0.5) is 33.0 Å². The van der Waals surface area contributed by atoms with Crippen molar-refractivity contribution in [2.75, 3.05) is 36.0 Å². The van der Waals surface area contributed by atoms with Crippen LogP contribution in [0.15, 0.2) is 153 Å². The molecule has 14 nitrogen and oxygen atoms in total. The number of thiazole rings is 2. The molecule has 2 aromatic heterocycles. The van der Waals surface area contributed by atoms with Gasteiger partial charge in [0.05, 0.1) is 56.1 Å². The molecule has 0 unspecified atom stereocenters. The predicted octanol–water partition coefficient (Wildman–Crippen LogP) is 8.50. The van der Waals surface area contributed by atoms with Crippen molar-refractivity contribution in [1.82, 2.24) is 0 Å². The van der Waals surface area contributed by atoms with E-state index in [4.69, 9.17) is 0 Å². The van der Waals surface area contributed by atoms with E-state index in [1.165, 1.54) is 11.4 Å². The number of benzene rings is 4. The van der Waals surface area contributed by atoms with Crippen molar-refractivity contribution >= 4 is 75.9 Å². The molecule has 0 saturated heterocycles. The van der Waals surface area contributed by atoms with Gasteiger partial charge in [-0.05, 0) is 113 Å². The zero-order chi connectivity index (χ0) is 42.7. The highest BCUT2D eigenvalue weighted by Crippen LogP contribution is 2.25. The number of hydrogen-bond donors (Lipinski definition) is 0. The quantitative estimate of drug-likeness (QED) is 0.0528. The molecule has 59 heavy (non-hydrogen) atoms. The number of aromatic nitrogens is 2. The first kappa shape index (κ1) is 46.4. The van der Waals surface area contributed by atoms with Gasteiger partial charge in [0, 0.05) is 48.3 Å². The van der Waals surface area contributed by atoms with E-state index in [0.717, 1.165) is 54.2 Å². The third kappa shape index (κ3) is 17.3. The third-order valence-electron chi connectivity index (χ3n) is 8.44. The Labute approximate surface area is 355 Å². The van der Waals surface area contributed by atoms with Crippen LogP contribution < -0.4 is 18.9 Å². The summed E-state index contributed by atoms with van der Waals surface area (Å²) in [7, 11) is -4.31. The van der Waals surface area contributed by atoms with Crippen LogP contribution in [0.5, 0.6) is 0 Å².